The van der Waals surface area contributed by atoms with Crippen LogP contribution >= 0.6 is 0 Å². The molecule has 0 aromatic carbocycles. The lowest BCUT2D eigenvalue weighted by Crippen LogP contribution is -2.58. The van der Waals surface area contributed by atoms with Crippen molar-refractivity contribution in [2.24, 2.45) is 23.2 Å². The van der Waals surface area contributed by atoms with E-state index < -0.39 is 45.2 Å². The highest BCUT2D eigenvalue weighted by atomic mass is 32.2. The van der Waals surface area contributed by atoms with Crippen molar-refractivity contribution in [1.29, 1.82) is 0 Å². The summed E-state index contributed by atoms with van der Waals surface area (Å²) in [4.78, 5) is 24.3. The van der Waals surface area contributed by atoms with E-state index in [-0.39, 0.29) is 0 Å². The van der Waals surface area contributed by atoms with Gasteiger partial charge in [0, 0.05) is 0 Å². The molecule has 0 radical (unpaired) electrons. The van der Waals surface area contributed by atoms with Crippen LogP contribution in [0, 0.1) is 23.2 Å². The number of nitrogens with one attached hydrogen (secondary N) is 2. The lowest BCUT2D eigenvalue weighted by Gasteiger charge is -2.55. The molecule has 0 atom stereocenters. The van der Waals surface area contributed by atoms with Crippen molar-refractivity contribution in [3.05, 3.63) is 0 Å². The minimum absolute atomic E-state index is 0.316. The van der Waals surface area contributed by atoms with E-state index in [1.807, 2.05) is 0 Å². The number of imide groups is 1. The molecule has 0 unspecified atom stereocenters. The lowest BCUT2D eigenvalue weighted by molar-refractivity contribution is -0.157. The number of carbonyl (C=O) groups excluding carboxylic acids is 2. The Balaban J connectivity index is 1.63. The monoisotopic (exact) mass is 418 g/mol. The van der Waals surface area contributed by atoms with Crippen molar-refractivity contribution in [2.45, 2.75) is 50.0 Å². The van der Waals surface area contributed by atoms with Gasteiger partial charge in [-0.15, -0.1) is 0 Å². The number of hydrogen-bond donors (Lipinski definition) is 2. The fourth-order valence-electron chi connectivity index (χ4n) is 5.06. The molecule has 4 aliphatic rings. The first-order valence-electron chi connectivity index (χ1n) is 8.54. The molecule has 0 aromatic heterocycles. The number of carbonyl (C=O) groups is 2. The Bertz CT molecular complexity index is 715. The van der Waals surface area contributed by atoms with Gasteiger partial charge in [-0.2, -0.15) is 22.0 Å². The number of halogens is 5. The van der Waals surface area contributed by atoms with Crippen molar-refractivity contribution in [3.8, 4) is 0 Å². The van der Waals surface area contributed by atoms with Crippen LogP contribution in [0.1, 0.15) is 38.5 Å². The molecule has 4 bridgehead atoms. The van der Waals surface area contributed by atoms with E-state index >= 15 is 0 Å². The second-order valence-electron chi connectivity index (χ2n) is 7.96. The van der Waals surface area contributed by atoms with Gasteiger partial charge in [0.05, 0.1) is 12.0 Å². The quantitative estimate of drug-likeness (QED) is 0.668. The highest BCUT2D eigenvalue weighted by Gasteiger charge is 2.56. The fourth-order valence-corrected chi connectivity index (χ4v) is 5.60. The Morgan fingerprint density at radius 1 is 0.926 bits per heavy atom. The molecule has 154 valence electrons. The van der Waals surface area contributed by atoms with E-state index in [9.17, 15) is 40.0 Å². The maximum absolute atomic E-state index is 13.8. The summed E-state index contributed by atoms with van der Waals surface area (Å²) in [5.41, 5.74) is -6.68. The molecule has 4 rings (SSSR count). The molecule has 2 N–H and O–H groups in total. The normalized spacial score (nSPS) is 33.1. The molecule has 4 aliphatic carbocycles. The fraction of sp³-hybridized carbons (Fsp3) is 0.867. The highest BCUT2D eigenvalue weighted by Crippen LogP contribution is 2.60. The van der Waals surface area contributed by atoms with Crippen LogP contribution in [0.2, 0.25) is 0 Å². The third kappa shape index (κ3) is 3.82. The third-order valence-corrected chi connectivity index (χ3v) is 7.00. The van der Waals surface area contributed by atoms with Crippen molar-refractivity contribution >= 4 is 21.8 Å². The Hall–Kier alpha value is -1.30. The lowest BCUT2D eigenvalue weighted by atomic mass is 9.49. The topological polar surface area (TPSA) is 92.3 Å². The van der Waals surface area contributed by atoms with E-state index in [2.05, 4.69) is 0 Å². The predicted molar refractivity (Wildman–Crippen MR) is 81.7 cm³/mol. The zero-order valence-corrected chi connectivity index (χ0v) is 14.9. The van der Waals surface area contributed by atoms with Gasteiger partial charge in [-0.25, -0.2) is 13.1 Å². The Labute approximate surface area is 152 Å². The van der Waals surface area contributed by atoms with Crippen LogP contribution in [-0.4, -0.2) is 38.2 Å². The zero-order chi connectivity index (χ0) is 20.3. The summed E-state index contributed by atoms with van der Waals surface area (Å²) in [6, 6.07) is 0. The molecular formula is C15H19F5N2O4S. The van der Waals surface area contributed by atoms with Crippen molar-refractivity contribution < 1.29 is 40.0 Å². The first kappa shape index (κ1) is 20.4. The maximum atomic E-state index is 13.8. The van der Waals surface area contributed by atoms with Crippen molar-refractivity contribution in [3.63, 3.8) is 0 Å². The van der Waals surface area contributed by atoms with E-state index in [1.165, 1.54) is 0 Å². The highest BCUT2D eigenvalue weighted by molar-refractivity contribution is 7.90. The molecule has 6 nitrogen and oxygen atoms in total. The molecule has 27 heavy (non-hydrogen) atoms. The molecule has 0 heterocycles. The van der Waals surface area contributed by atoms with Crippen LogP contribution in [0.25, 0.3) is 0 Å². The molecule has 12 heteroatoms. The van der Waals surface area contributed by atoms with Gasteiger partial charge in [0.2, 0.25) is 5.91 Å². The number of rotatable bonds is 5. The minimum atomic E-state index is -6.02. The predicted octanol–water partition coefficient (Wildman–Crippen LogP) is 1.92. The van der Waals surface area contributed by atoms with Crippen LogP contribution in [0.4, 0.5) is 22.0 Å². The van der Waals surface area contributed by atoms with E-state index in [0.717, 1.165) is 19.3 Å². The van der Waals surface area contributed by atoms with Gasteiger partial charge < -0.3 is 0 Å². The van der Waals surface area contributed by atoms with Gasteiger partial charge in [-0.1, -0.05) is 0 Å². The second kappa shape index (κ2) is 6.36. The Morgan fingerprint density at radius 2 is 1.37 bits per heavy atom. The average Bonchev–Trinajstić information content (AvgIpc) is 2.50. The first-order chi connectivity index (χ1) is 12.2. The first-order valence-corrected chi connectivity index (χ1v) is 10.0. The number of alkyl halides is 5. The molecular weight excluding hydrogens is 399 g/mol. The number of hydrogen-bond acceptors (Lipinski definition) is 4. The standard InChI is InChI=1S/C15H19F5N2O4S/c16-14(17,7-21-27(25,26)15(18,19)20)12(24)22-11(23)13-4-8-1-9(5-13)3-10(2-8)6-13/h8-10,21H,1-7H2,(H,22,23,24). The van der Waals surface area contributed by atoms with Gasteiger partial charge >= 0.3 is 21.5 Å². The Morgan fingerprint density at radius 3 is 1.78 bits per heavy atom. The number of sulfonamides is 1. The average molecular weight is 418 g/mol. The molecule has 0 aromatic rings. The molecule has 4 fully saturated rings. The van der Waals surface area contributed by atoms with Crippen LogP contribution < -0.4 is 10.0 Å². The molecule has 4 saturated carbocycles. The third-order valence-electron chi connectivity index (χ3n) is 5.87. The SMILES string of the molecule is O=C(NC(=O)C12CC3CC(CC(C3)C1)C2)C(F)(F)CNS(=O)(=O)C(F)(F)F. The largest absolute Gasteiger partial charge is 0.511 e. The summed E-state index contributed by atoms with van der Waals surface area (Å²) in [7, 11) is -6.02. The van der Waals surface area contributed by atoms with Crippen LogP contribution in [0.5, 0.6) is 0 Å². The van der Waals surface area contributed by atoms with Gasteiger partial charge in [-0.05, 0) is 56.3 Å². The Kier molecular flexibility index (Phi) is 4.81. The summed E-state index contributed by atoms with van der Waals surface area (Å²) in [6.07, 6.45) is 4.46. The van der Waals surface area contributed by atoms with Crippen LogP contribution in [0.15, 0.2) is 0 Å². The summed E-state index contributed by atoms with van der Waals surface area (Å²) < 4.78 is 86.5. The van der Waals surface area contributed by atoms with Crippen LogP contribution in [0.3, 0.4) is 0 Å². The van der Waals surface area contributed by atoms with E-state index in [1.54, 1.807) is 5.32 Å². The summed E-state index contributed by atoms with van der Waals surface area (Å²) in [6.45, 7) is -2.09. The minimum Gasteiger partial charge on any atom is -0.291 e. The maximum Gasteiger partial charge on any atom is 0.511 e. The van der Waals surface area contributed by atoms with E-state index in [4.69, 9.17) is 0 Å². The van der Waals surface area contributed by atoms with Gasteiger partial charge in [0.15, 0.2) is 0 Å². The van der Waals surface area contributed by atoms with Crippen molar-refractivity contribution in [2.75, 3.05) is 6.54 Å². The van der Waals surface area contributed by atoms with Gasteiger partial charge in [0.1, 0.15) is 0 Å². The summed E-state index contributed by atoms with van der Waals surface area (Å²) in [5.74, 6) is -6.50. The molecule has 0 saturated heterocycles. The van der Waals surface area contributed by atoms with Gasteiger partial charge in [-0.3, -0.25) is 14.9 Å². The van der Waals surface area contributed by atoms with E-state index in [0.29, 0.717) is 41.7 Å². The smallest absolute Gasteiger partial charge is 0.291 e. The van der Waals surface area contributed by atoms with Crippen molar-refractivity contribution in [1.82, 2.24) is 10.0 Å². The molecule has 0 aliphatic heterocycles. The second-order valence-corrected chi connectivity index (χ2v) is 9.71. The summed E-state index contributed by atoms with van der Waals surface area (Å²) in [5, 5.41) is 1.61. The number of amides is 2. The van der Waals surface area contributed by atoms with Crippen LogP contribution in [-0.2, 0) is 19.6 Å². The zero-order valence-electron chi connectivity index (χ0n) is 14.1. The summed E-state index contributed by atoms with van der Waals surface area (Å²) >= 11 is 0. The molecule has 2 amide bonds. The molecule has 0 spiro atoms. The van der Waals surface area contributed by atoms with Gasteiger partial charge in [0.25, 0.3) is 5.91 Å².